The highest BCUT2D eigenvalue weighted by molar-refractivity contribution is 4.96. The molecule has 10 nitrogen and oxygen atoms in total. The van der Waals surface area contributed by atoms with E-state index < -0.39 is 0 Å². The Morgan fingerprint density at radius 2 is 0.738 bits per heavy atom. The smallest absolute Gasteiger partial charge is 0.207 e. The van der Waals surface area contributed by atoms with Crippen molar-refractivity contribution in [2.24, 2.45) is 0 Å². The first kappa shape index (κ1) is 39.0. The Hall–Kier alpha value is -0.980. The summed E-state index contributed by atoms with van der Waals surface area (Å²) in [5, 5.41) is 0. The second kappa shape index (κ2) is 32.9. The van der Waals surface area contributed by atoms with Crippen molar-refractivity contribution in [2.45, 2.75) is 71.1 Å². The molecule has 0 fully saturated rings. The number of hydrogen-bond acceptors (Lipinski definition) is 10. The van der Waals surface area contributed by atoms with E-state index in [0.717, 1.165) is 13.1 Å². The van der Waals surface area contributed by atoms with Crippen LogP contribution >= 0.6 is 0 Å². The molecule has 0 bridgehead atoms. The molecule has 0 saturated carbocycles. The van der Waals surface area contributed by atoms with E-state index in [1.807, 2.05) is 0 Å². The van der Waals surface area contributed by atoms with Crippen molar-refractivity contribution >= 4 is 0 Å². The van der Waals surface area contributed by atoms with Gasteiger partial charge in [0, 0.05) is 32.6 Å². The monoisotopic (exact) mass is 602 g/mol. The molecule has 42 heavy (non-hydrogen) atoms. The first-order valence-corrected chi connectivity index (χ1v) is 16.4. The fraction of sp³-hybridized carbons (Fsp3) is 0.906. The molecule has 0 amide bonds. The van der Waals surface area contributed by atoms with Gasteiger partial charge in [-0.15, -0.1) is 0 Å². The largest absolute Gasteiger partial charge is 0.382 e. The quantitative estimate of drug-likeness (QED) is 0.0948. The van der Waals surface area contributed by atoms with Crippen LogP contribution in [0.25, 0.3) is 0 Å². The molecule has 0 N–H and O–H groups in total. The van der Waals surface area contributed by atoms with Gasteiger partial charge in [0.25, 0.3) is 0 Å². The minimum absolute atomic E-state index is 0.539. The van der Waals surface area contributed by atoms with Gasteiger partial charge >= 0.3 is 0 Å². The van der Waals surface area contributed by atoms with Gasteiger partial charge in [-0.25, -0.2) is 0 Å². The van der Waals surface area contributed by atoms with Crippen LogP contribution in [0.15, 0.2) is 12.4 Å². The normalized spacial score (nSPS) is 13.2. The van der Waals surface area contributed by atoms with Gasteiger partial charge in [0.15, 0.2) is 0 Å². The van der Waals surface area contributed by atoms with Crippen molar-refractivity contribution < 1.29 is 37.9 Å². The van der Waals surface area contributed by atoms with Crippen molar-refractivity contribution in [3.8, 4) is 0 Å². The summed E-state index contributed by atoms with van der Waals surface area (Å²) in [6.07, 6.45) is 17.8. The zero-order valence-electron chi connectivity index (χ0n) is 26.9. The summed E-state index contributed by atoms with van der Waals surface area (Å²) in [6, 6.07) is 0. The Kier molecular flexibility index (Phi) is 30.6. The summed E-state index contributed by atoms with van der Waals surface area (Å²) < 4.78 is 43.3. The third-order valence-corrected chi connectivity index (χ3v) is 6.58. The van der Waals surface area contributed by atoms with E-state index >= 15 is 0 Å². The van der Waals surface area contributed by atoms with Crippen LogP contribution in [0.1, 0.15) is 71.1 Å². The predicted molar refractivity (Wildman–Crippen MR) is 165 cm³/mol. The summed E-state index contributed by atoms with van der Waals surface area (Å²) >= 11 is 0. The van der Waals surface area contributed by atoms with E-state index in [9.17, 15) is 0 Å². The first-order valence-electron chi connectivity index (χ1n) is 16.4. The third-order valence-electron chi connectivity index (χ3n) is 6.58. The Morgan fingerprint density at radius 3 is 1.14 bits per heavy atom. The number of hydrogen-bond donors (Lipinski definition) is 0. The first-order chi connectivity index (χ1) is 20.9. The van der Waals surface area contributed by atoms with Crippen molar-refractivity contribution in [3.63, 3.8) is 0 Å². The van der Waals surface area contributed by atoms with E-state index in [2.05, 4.69) is 35.8 Å². The third kappa shape index (κ3) is 27.8. The van der Waals surface area contributed by atoms with Crippen LogP contribution in [0.3, 0.4) is 0 Å². The molecule has 1 rings (SSSR count). The Labute approximate surface area is 257 Å². The lowest BCUT2D eigenvalue weighted by molar-refractivity contribution is -0.0223. The fourth-order valence-electron chi connectivity index (χ4n) is 4.14. The lowest BCUT2D eigenvalue weighted by Gasteiger charge is -2.18. The minimum Gasteiger partial charge on any atom is -0.382 e. The molecule has 248 valence electrons. The summed E-state index contributed by atoms with van der Waals surface area (Å²) in [5.41, 5.74) is 0. The van der Waals surface area contributed by atoms with E-state index in [-0.39, 0.29) is 0 Å². The van der Waals surface area contributed by atoms with Crippen molar-refractivity contribution in [3.05, 3.63) is 19.1 Å². The van der Waals surface area contributed by atoms with Crippen LogP contribution in [0.5, 0.6) is 0 Å². The molecule has 10 heteroatoms. The molecule has 0 aromatic rings. The summed E-state index contributed by atoms with van der Waals surface area (Å²) in [4.78, 5) is 4.23. The van der Waals surface area contributed by atoms with Crippen LogP contribution in [-0.2, 0) is 37.9 Å². The van der Waals surface area contributed by atoms with Gasteiger partial charge in [0.2, 0.25) is 6.67 Å². The maximum Gasteiger partial charge on any atom is 0.207 e. The molecule has 2 radical (unpaired) electrons. The number of nitrogens with zero attached hydrogens (tertiary/aromatic N) is 2. The molecule has 0 aliphatic carbocycles. The zero-order chi connectivity index (χ0) is 30.0. The maximum atomic E-state index is 5.69. The highest BCUT2D eigenvalue weighted by atomic mass is 16.6. The molecule has 1 aliphatic heterocycles. The van der Waals surface area contributed by atoms with Crippen LogP contribution in [-0.4, -0.2) is 129 Å². The minimum atomic E-state index is 0.539. The maximum absolute atomic E-state index is 5.69. The van der Waals surface area contributed by atoms with Gasteiger partial charge in [-0.05, 0) is 6.42 Å². The highest BCUT2D eigenvalue weighted by Gasteiger charge is 2.13. The fourth-order valence-corrected chi connectivity index (χ4v) is 4.14. The molecule has 0 saturated heterocycles. The SMILES string of the molecule is CCCCCCCCCCCCN1[C]N(CCOCCOCCOCCOCCOCCOCCOCCOC)C=C1. The second-order valence-electron chi connectivity index (χ2n) is 10.2. The number of rotatable bonds is 35. The molecule has 0 aromatic heterocycles. The van der Waals surface area contributed by atoms with Crippen molar-refractivity contribution in [2.75, 3.05) is 119 Å². The predicted octanol–water partition coefficient (Wildman–Crippen LogP) is 4.75. The summed E-state index contributed by atoms with van der Waals surface area (Å²) in [7, 11) is 1.65. The highest BCUT2D eigenvalue weighted by Crippen LogP contribution is 2.14. The molecular weight excluding hydrogens is 540 g/mol. The lowest BCUT2D eigenvalue weighted by Crippen LogP contribution is -2.24. The summed E-state index contributed by atoms with van der Waals surface area (Å²) in [6.45, 7) is 16.0. The Morgan fingerprint density at radius 1 is 0.405 bits per heavy atom. The van der Waals surface area contributed by atoms with Gasteiger partial charge in [-0.3, -0.25) is 0 Å². The summed E-state index contributed by atoms with van der Waals surface area (Å²) in [5.74, 6) is 0. The van der Waals surface area contributed by atoms with Gasteiger partial charge in [0.05, 0.1) is 99.1 Å². The molecule has 0 aromatic carbocycles. The van der Waals surface area contributed by atoms with Gasteiger partial charge < -0.3 is 47.7 Å². The number of ether oxygens (including phenoxy) is 8. The molecule has 0 spiro atoms. The van der Waals surface area contributed by atoms with Gasteiger partial charge in [-0.2, -0.15) is 0 Å². The van der Waals surface area contributed by atoms with E-state index in [1.54, 1.807) is 7.11 Å². The van der Waals surface area contributed by atoms with Crippen molar-refractivity contribution in [1.29, 1.82) is 0 Å². The van der Waals surface area contributed by atoms with Crippen LogP contribution in [0, 0.1) is 6.67 Å². The molecule has 0 unspecified atom stereocenters. The standard InChI is InChI=1S/C32H62N2O8/c1-3-4-5-6-7-8-9-10-11-12-13-33-14-15-34(32-33)16-17-36-20-21-38-24-25-40-28-29-42-31-30-41-27-26-39-23-22-37-19-18-35-2/h14-15H,3-13,16-31H2,1-2H3. The molecule has 0 atom stereocenters. The molecular formula is C32H62N2O8. The van der Waals surface area contributed by atoms with Gasteiger partial charge in [-0.1, -0.05) is 64.7 Å². The van der Waals surface area contributed by atoms with Crippen LogP contribution in [0.2, 0.25) is 0 Å². The average Bonchev–Trinajstić information content (AvgIpc) is 3.46. The number of unbranched alkanes of at least 4 members (excludes halogenated alkanes) is 9. The van der Waals surface area contributed by atoms with E-state index in [4.69, 9.17) is 37.9 Å². The average molecular weight is 603 g/mol. The Balaban J connectivity index is 1.70. The molecule has 1 aliphatic rings. The van der Waals surface area contributed by atoms with Crippen molar-refractivity contribution in [1.82, 2.24) is 9.80 Å². The van der Waals surface area contributed by atoms with E-state index in [1.165, 1.54) is 64.2 Å². The van der Waals surface area contributed by atoms with E-state index in [0.29, 0.717) is 99.1 Å². The van der Waals surface area contributed by atoms with Crippen LogP contribution < -0.4 is 0 Å². The topological polar surface area (TPSA) is 80.3 Å². The molecule has 1 heterocycles. The lowest BCUT2D eigenvalue weighted by atomic mass is 10.1. The van der Waals surface area contributed by atoms with Crippen LogP contribution in [0.4, 0.5) is 0 Å². The zero-order valence-corrected chi connectivity index (χ0v) is 26.9. The number of methoxy groups -OCH3 is 1. The second-order valence-corrected chi connectivity index (χ2v) is 10.2. The Bertz CT molecular complexity index is 559. The van der Waals surface area contributed by atoms with Gasteiger partial charge in [0.1, 0.15) is 0 Å².